The van der Waals surface area contributed by atoms with Crippen LogP contribution in [-0.4, -0.2) is 32.8 Å². The molecule has 1 aromatic carbocycles. The number of para-hydroxylation sites is 1. The first kappa shape index (κ1) is 15.3. The van der Waals surface area contributed by atoms with Crippen LogP contribution in [0.5, 0.6) is 0 Å². The predicted octanol–water partition coefficient (Wildman–Crippen LogP) is 2.16. The Labute approximate surface area is 134 Å². The van der Waals surface area contributed by atoms with Crippen molar-refractivity contribution in [2.75, 3.05) is 0 Å². The van der Waals surface area contributed by atoms with Crippen LogP contribution in [-0.2, 0) is 4.79 Å². The number of aryl methyl sites for hydroxylation is 1. The van der Waals surface area contributed by atoms with Gasteiger partial charge in [-0.1, -0.05) is 18.2 Å². The van der Waals surface area contributed by atoms with E-state index in [2.05, 4.69) is 10.4 Å². The van der Waals surface area contributed by atoms with Crippen LogP contribution in [0.25, 0.3) is 5.69 Å². The molecule has 1 saturated carbocycles. The minimum Gasteiger partial charge on any atom is -0.481 e. The Morgan fingerprint density at radius 2 is 2.00 bits per heavy atom. The first-order valence-electron chi connectivity index (χ1n) is 7.70. The van der Waals surface area contributed by atoms with Crippen LogP contribution in [0.1, 0.15) is 35.4 Å². The molecule has 1 heterocycles. The summed E-state index contributed by atoms with van der Waals surface area (Å²) in [7, 11) is 0. The number of aromatic nitrogens is 2. The number of nitrogens with one attached hydrogen (secondary N) is 1. The zero-order chi connectivity index (χ0) is 16.4. The number of nitrogens with zero attached hydrogens (tertiary/aromatic N) is 2. The number of hydrogen-bond acceptors (Lipinski definition) is 3. The number of carbonyl (C=O) groups excluding carboxylic acids is 1. The summed E-state index contributed by atoms with van der Waals surface area (Å²) in [6.07, 6.45) is 1.79. The van der Waals surface area contributed by atoms with Gasteiger partial charge in [0.2, 0.25) is 0 Å². The Morgan fingerprint density at radius 3 is 2.65 bits per heavy atom. The number of amides is 1. The van der Waals surface area contributed by atoms with E-state index in [1.165, 1.54) is 0 Å². The number of aliphatic carboxylic acids is 1. The molecule has 0 saturated heterocycles. The smallest absolute Gasteiger partial charge is 0.306 e. The van der Waals surface area contributed by atoms with E-state index < -0.39 is 5.97 Å². The highest BCUT2D eigenvalue weighted by atomic mass is 16.4. The molecule has 0 unspecified atom stereocenters. The highest BCUT2D eigenvalue weighted by Crippen LogP contribution is 2.26. The van der Waals surface area contributed by atoms with Crippen LogP contribution in [0.3, 0.4) is 0 Å². The first-order valence-corrected chi connectivity index (χ1v) is 7.70. The lowest BCUT2D eigenvalue weighted by Crippen LogP contribution is -2.33. The van der Waals surface area contributed by atoms with Crippen molar-refractivity contribution in [3.8, 4) is 5.69 Å². The number of carbonyl (C=O) groups is 2. The maximum Gasteiger partial charge on any atom is 0.306 e. The summed E-state index contributed by atoms with van der Waals surface area (Å²) in [5, 5.41) is 16.3. The van der Waals surface area contributed by atoms with Crippen molar-refractivity contribution in [3.05, 3.63) is 47.8 Å². The molecule has 2 N–H and O–H groups in total. The molecule has 0 spiro atoms. The van der Waals surface area contributed by atoms with Gasteiger partial charge in [-0.05, 0) is 44.4 Å². The van der Waals surface area contributed by atoms with Crippen LogP contribution in [0, 0.1) is 12.8 Å². The number of hydrogen-bond donors (Lipinski definition) is 2. The Balaban J connectivity index is 1.71. The molecular weight excluding hydrogens is 294 g/mol. The van der Waals surface area contributed by atoms with E-state index in [0.717, 1.165) is 11.4 Å². The lowest BCUT2D eigenvalue weighted by atomic mass is 10.1. The quantitative estimate of drug-likeness (QED) is 0.906. The molecule has 2 atom stereocenters. The van der Waals surface area contributed by atoms with Gasteiger partial charge in [0, 0.05) is 11.7 Å². The third kappa shape index (κ3) is 3.26. The van der Waals surface area contributed by atoms with Crippen LogP contribution in [0.15, 0.2) is 36.4 Å². The zero-order valence-electron chi connectivity index (χ0n) is 12.9. The molecule has 0 aliphatic heterocycles. The molecule has 23 heavy (non-hydrogen) atoms. The standard InChI is InChI=1S/C17H19N3O3/c1-11-9-15(19-20(11)14-5-3-2-4-6-14)16(21)18-13-8-7-12(10-13)17(22)23/h2-6,9,12-13H,7-8,10H2,1H3,(H,18,21)(H,22,23)/t12-,13+/m0/s1. The maximum absolute atomic E-state index is 12.3. The Bertz CT molecular complexity index is 724. The predicted molar refractivity (Wildman–Crippen MR) is 84.5 cm³/mol. The van der Waals surface area contributed by atoms with Crippen LogP contribution < -0.4 is 5.32 Å². The number of carboxylic acids is 1. The minimum absolute atomic E-state index is 0.0919. The fourth-order valence-corrected chi connectivity index (χ4v) is 3.01. The van der Waals surface area contributed by atoms with Crippen molar-refractivity contribution in [1.82, 2.24) is 15.1 Å². The molecule has 0 radical (unpaired) electrons. The Hall–Kier alpha value is -2.63. The fraction of sp³-hybridized carbons (Fsp3) is 0.353. The van der Waals surface area contributed by atoms with E-state index in [-0.39, 0.29) is 17.9 Å². The molecule has 120 valence electrons. The summed E-state index contributed by atoms with van der Waals surface area (Å²) in [6, 6.07) is 11.3. The average Bonchev–Trinajstić information content (AvgIpc) is 3.15. The minimum atomic E-state index is -0.786. The summed E-state index contributed by atoms with van der Waals surface area (Å²) in [5.74, 6) is -1.39. The zero-order valence-corrected chi connectivity index (χ0v) is 12.9. The Kier molecular flexibility index (Phi) is 4.14. The van der Waals surface area contributed by atoms with E-state index in [4.69, 9.17) is 5.11 Å². The fourth-order valence-electron chi connectivity index (χ4n) is 3.01. The highest BCUT2D eigenvalue weighted by molar-refractivity contribution is 5.92. The maximum atomic E-state index is 12.3. The van der Waals surface area contributed by atoms with Gasteiger partial charge in [-0.3, -0.25) is 9.59 Å². The SMILES string of the molecule is Cc1cc(C(=O)N[C@@H]2CC[C@H](C(=O)O)C2)nn1-c1ccccc1. The van der Waals surface area contributed by atoms with E-state index in [0.29, 0.717) is 25.0 Å². The third-order valence-electron chi connectivity index (χ3n) is 4.24. The molecule has 2 aromatic rings. The summed E-state index contributed by atoms with van der Waals surface area (Å²) in [5.41, 5.74) is 2.12. The molecule has 3 rings (SSSR count). The molecular formula is C17H19N3O3. The van der Waals surface area contributed by atoms with Gasteiger partial charge in [-0.15, -0.1) is 0 Å². The lowest BCUT2D eigenvalue weighted by Gasteiger charge is -2.11. The van der Waals surface area contributed by atoms with E-state index in [1.54, 1.807) is 10.7 Å². The van der Waals surface area contributed by atoms with Crippen molar-refractivity contribution in [2.24, 2.45) is 5.92 Å². The van der Waals surface area contributed by atoms with Gasteiger partial charge in [0.25, 0.3) is 5.91 Å². The van der Waals surface area contributed by atoms with E-state index in [1.807, 2.05) is 37.3 Å². The summed E-state index contributed by atoms with van der Waals surface area (Å²) < 4.78 is 1.73. The van der Waals surface area contributed by atoms with Crippen molar-refractivity contribution >= 4 is 11.9 Å². The third-order valence-corrected chi connectivity index (χ3v) is 4.24. The highest BCUT2D eigenvalue weighted by Gasteiger charge is 2.31. The number of rotatable bonds is 4. The molecule has 1 aliphatic carbocycles. The molecule has 0 bridgehead atoms. The van der Waals surface area contributed by atoms with Gasteiger partial charge in [0.1, 0.15) is 0 Å². The Morgan fingerprint density at radius 1 is 1.26 bits per heavy atom. The molecule has 1 fully saturated rings. The van der Waals surface area contributed by atoms with E-state index in [9.17, 15) is 9.59 Å². The van der Waals surface area contributed by atoms with Crippen molar-refractivity contribution in [1.29, 1.82) is 0 Å². The second kappa shape index (κ2) is 6.24. The van der Waals surface area contributed by atoms with Crippen LogP contribution in [0.2, 0.25) is 0 Å². The summed E-state index contributed by atoms with van der Waals surface area (Å²) >= 11 is 0. The van der Waals surface area contributed by atoms with Gasteiger partial charge < -0.3 is 10.4 Å². The number of benzene rings is 1. The first-order chi connectivity index (χ1) is 11.0. The molecule has 1 aromatic heterocycles. The van der Waals surface area contributed by atoms with Crippen LogP contribution in [0.4, 0.5) is 0 Å². The topological polar surface area (TPSA) is 84.2 Å². The molecule has 6 nitrogen and oxygen atoms in total. The van der Waals surface area contributed by atoms with Crippen molar-refractivity contribution in [3.63, 3.8) is 0 Å². The van der Waals surface area contributed by atoms with Gasteiger partial charge >= 0.3 is 5.97 Å². The molecule has 1 amide bonds. The largest absolute Gasteiger partial charge is 0.481 e. The average molecular weight is 313 g/mol. The van der Waals surface area contributed by atoms with Crippen LogP contribution >= 0.6 is 0 Å². The number of carboxylic acid groups (broad SMARTS) is 1. The second-order valence-corrected chi connectivity index (χ2v) is 5.94. The summed E-state index contributed by atoms with van der Waals surface area (Å²) in [6.45, 7) is 1.90. The van der Waals surface area contributed by atoms with Crippen molar-refractivity contribution in [2.45, 2.75) is 32.2 Å². The van der Waals surface area contributed by atoms with Gasteiger partial charge in [-0.25, -0.2) is 4.68 Å². The van der Waals surface area contributed by atoms with Gasteiger partial charge in [0.15, 0.2) is 5.69 Å². The van der Waals surface area contributed by atoms with E-state index >= 15 is 0 Å². The van der Waals surface area contributed by atoms with Gasteiger partial charge in [-0.2, -0.15) is 5.10 Å². The lowest BCUT2D eigenvalue weighted by molar-refractivity contribution is -0.141. The summed E-state index contributed by atoms with van der Waals surface area (Å²) in [4.78, 5) is 23.3. The van der Waals surface area contributed by atoms with Gasteiger partial charge in [0.05, 0.1) is 11.6 Å². The van der Waals surface area contributed by atoms with Crippen molar-refractivity contribution < 1.29 is 14.7 Å². The second-order valence-electron chi connectivity index (χ2n) is 5.94. The normalized spacial score (nSPS) is 20.4. The monoisotopic (exact) mass is 313 g/mol. The molecule has 1 aliphatic rings. The molecule has 6 heteroatoms.